The molecule has 2 aliphatic carbocycles. The smallest absolute Gasteiger partial charge is 0.187 e. The normalized spacial score (nSPS) is 22.1. The van der Waals surface area contributed by atoms with E-state index < -0.39 is 6.10 Å². The lowest BCUT2D eigenvalue weighted by Crippen LogP contribution is -2.25. The van der Waals surface area contributed by atoms with E-state index in [0.717, 1.165) is 59.9 Å². The van der Waals surface area contributed by atoms with E-state index in [1.807, 2.05) is 12.1 Å². The third-order valence-electron chi connectivity index (χ3n) is 5.57. The van der Waals surface area contributed by atoms with Gasteiger partial charge in [-0.25, -0.2) is 4.98 Å². The summed E-state index contributed by atoms with van der Waals surface area (Å²) in [6.07, 6.45) is 8.28. The summed E-state index contributed by atoms with van der Waals surface area (Å²) in [7, 11) is 0. The summed E-state index contributed by atoms with van der Waals surface area (Å²) in [6, 6.07) is 6.20. The van der Waals surface area contributed by atoms with Crippen molar-refractivity contribution in [3.63, 3.8) is 0 Å². The number of aromatic nitrogens is 1. The van der Waals surface area contributed by atoms with Crippen molar-refractivity contribution in [1.82, 2.24) is 4.98 Å². The van der Waals surface area contributed by atoms with Gasteiger partial charge in [-0.3, -0.25) is 0 Å². The van der Waals surface area contributed by atoms with Crippen molar-refractivity contribution >= 4 is 27.7 Å². The fraction of sp³-hybridized carbons (Fsp3) is 0.476. The van der Waals surface area contributed by atoms with Gasteiger partial charge in [0.25, 0.3) is 0 Å². The molecule has 1 fully saturated rings. The molecule has 5 rings (SSSR count). The zero-order valence-electron chi connectivity index (χ0n) is 15.2. The number of hydrogen-bond acceptors (Lipinski definition) is 6. The maximum Gasteiger partial charge on any atom is 0.187 e. The number of nitrogens with one attached hydrogen (secondary N) is 1. The molecule has 0 spiro atoms. The molecular formula is C21H24N2O3S. The number of fused-ring (bicyclic) bond motifs is 1. The van der Waals surface area contributed by atoms with Crippen LogP contribution in [0.3, 0.4) is 0 Å². The van der Waals surface area contributed by atoms with Gasteiger partial charge in [-0.1, -0.05) is 18.2 Å². The topological polar surface area (TPSA) is 63.6 Å². The van der Waals surface area contributed by atoms with Gasteiger partial charge in [-0.15, -0.1) is 11.3 Å². The maximum absolute atomic E-state index is 10.2. The summed E-state index contributed by atoms with van der Waals surface area (Å²) in [5.74, 6) is 0.896. The molecule has 1 unspecified atom stereocenters. The number of benzene rings is 1. The van der Waals surface area contributed by atoms with Crippen molar-refractivity contribution in [2.45, 2.75) is 50.7 Å². The predicted octanol–water partition coefficient (Wildman–Crippen LogP) is 4.60. The zero-order valence-corrected chi connectivity index (χ0v) is 16.1. The second-order valence-corrected chi connectivity index (χ2v) is 8.54. The largest absolute Gasteiger partial charge is 0.488 e. The van der Waals surface area contributed by atoms with Crippen molar-refractivity contribution in [2.24, 2.45) is 0 Å². The van der Waals surface area contributed by atoms with Gasteiger partial charge in [0.2, 0.25) is 0 Å². The van der Waals surface area contributed by atoms with Crippen LogP contribution in [0.2, 0.25) is 0 Å². The third-order valence-corrected chi connectivity index (χ3v) is 6.62. The van der Waals surface area contributed by atoms with Crippen LogP contribution >= 0.6 is 11.3 Å². The zero-order chi connectivity index (χ0) is 18.2. The van der Waals surface area contributed by atoms with Gasteiger partial charge < -0.3 is 19.9 Å². The molecule has 1 aromatic heterocycles. The molecular weight excluding hydrogens is 360 g/mol. The highest BCUT2D eigenvalue weighted by molar-refractivity contribution is 7.15. The first-order valence-corrected chi connectivity index (χ1v) is 10.6. The lowest BCUT2D eigenvalue weighted by molar-refractivity contribution is 0.120. The molecule has 2 N–H and O–H groups in total. The van der Waals surface area contributed by atoms with Crippen LogP contribution in [0.1, 0.15) is 54.3 Å². The number of hydrogen-bond donors (Lipinski definition) is 2. The van der Waals surface area contributed by atoms with Crippen molar-refractivity contribution in [3.8, 4) is 5.75 Å². The summed E-state index contributed by atoms with van der Waals surface area (Å²) in [5, 5.41) is 14.5. The fourth-order valence-electron chi connectivity index (χ4n) is 3.81. The lowest BCUT2D eigenvalue weighted by atomic mass is 9.95. The van der Waals surface area contributed by atoms with Gasteiger partial charge in [0.15, 0.2) is 10.9 Å². The Kier molecular flexibility index (Phi) is 4.63. The van der Waals surface area contributed by atoms with E-state index >= 15 is 0 Å². The highest BCUT2D eigenvalue weighted by atomic mass is 32.1. The molecule has 0 bridgehead atoms. The monoisotopic (exact) mass is 384 g/mol. The number of ether oxygens (including phenoxy) is 2. The van der Waals surface area contributed by atoms with Crippen LogP contribution in [-0.4, -0.2) is 29.4 Å². The summed E-state index contributed by atoms with van der Waals surface area (Å²) < 4.78 is 11.9. The van der Waals surface area contributed by atoms with Crippen molar-refractivity contribution in [3.05, 3.63) is 40.4 Å². The van der Waals surface area contributed by atoms with Crippen LogP contribution < -0.4 is 10.1 Å². The van der Waals surface area contributed by atoms with E-state index in [4.69, 9.17) is 9.47 Å². The average molecular weight is 385 g/mol. The molecule has 27 heavy (non-hydrogen) atoms. The molecule has 0 radical (unpaired) electrons. The van der Waals surface area contributed by atoms with Crippen LogP contribution in [-0.2, 0) is 11.2 Å². The molecule has 0 saturated heterocycles. The minimum Gasteiger partial charge on any atom is -0.488 e. The highest BCUT2D eigenvalue weighted by Gasteiger charge is 2.26. The first-order valence-electron chi connectivity index (χ1n) is 9.79. The second-order valence-electron chi connectivity index (χ2n) is 7.46. The summed E-state index contributed by atoms with van der Waals surface area (Å²) in [6.45, 7) is 1.29. The van der Waals surface area contributed by atoms with Gasteiger partial charge in [0.05, 0.1) is 36.8 Å². The summed E-state index contributed by atoms with van der Waals surface area (Å²) in [4.78, 5) is 5.87. The number of thiazole rings is 1. The molecule has 1 aromatic carbocycles. The average Bonchev–Trinajstić information content (AvgIpc) is 3.29. The summed E-state index contributed by atoms with van der Waals surface area (Å²) >= 11 is 1.64. The molecule has 2 aromatic rings. The van der Waals surface area contributed by atoms with E-state index in [9.17, 15) is 5.11 Å². The minimum absolute atomic E-state index is 0.293. The molecule has 1 saturated carbocycles. The molecule has 0 amide bonds. The van der Waals surface area contributed by atoms with Gasteiger partial charge in [-0.05, 0) is 50.2 Å². The Bertz CT molecular complexity index is 872. The Hall–Kier alpha value is -1.89. The lowest BCUT2D eigenvalue weighted by Gasteiger charge is -2.29. The predicted molar refractivity (Wildman–Crippen MR) is 107 cm³/mol. The van der Waals surface area contributed by atoms with Crippen LogP contribution in [0.5, 0.6) is 5.75 Å². The molecule has 3 aliphatic rings. The number of para-hydroxylation sites is 1. The van der Waals surface area contributed by atoms with Crippen molar-refractivity contribution < 1.29 is 14.6 Å². The van der Waals surface area contributed by atoms with Gasteiger partial charge in [0.1, 0.15) is 0 Å². The van der Waals surface area contributed by atoms with Crippen LogP contribution in [0.15, 0.2) is 24.3 Å². The highest BCUT2D eigenvalue weighted by Crippen LogP contribution is 2.41. The Morgan fingerprint density at radius 3 is 2.89 bits per heavy atom. The summed E-state index contributed by atoms with van der Waals surface area (Å²) in [5.41, 5.74) is 4.07. The molecule has 2 heterocycles. The number of rotatable bonds is 5. The minimum atomic E-state index is -0.432. The van der Waals surface area contributed by atoms with Gasteiger partial charge in [0, 0.05) is 10.4 Å². The molecule has 142 valence electrons. The van der Waals surface area contributed by atoms with E-state index in [0.29, 0.717) is 19.3 Å². The number of aryl methyl sites for hydroxylation is 1. The van der Waals surface area contributed by atoms with E-state index in [-0.39, 0.29) is 0 Å². The van der Waals surface area contributed by atoms with Crippen molar-refractivity contribution in [2.75, 3.05) is 18.5 Å². The van der Waals surface area contributed by atoms with Crippen molar-refractivity contribution in [1.29, 1.82) is 0 Å². The standard InChI is InChI=1S/C21H24N2O3S/c24-17-8-3-9-18-19(17)23-21(27-18)22-16-7-2-6-15(13-10-11-25-12-13)20(16)26-14-4-1-5-14/h2,6-7,10,14,17,24H,1,3-5,8-9,11-12H2,(H,22,23). The first-order chi connectivity index (χ1) is 13.3. The number of anilines is 2. The third kappa shape index (κ3) is 3.37. The Labute approximate surface area is 163 Å². The van der Waals surface area contributed by atoms with E-state index in [1.165, 1.54) is 16.9 Å². The first kappa shape index (κ1) is 17.2. The maximum atomic E-state index is 10.2. The second kappa shape index (κ2) is 7.26. The van der Waals surface area contributed by atoms with Crippen LogP contribution in [0, 0.1) is 0 Å². The fourth-order valence-corrected chi connectivity index (χ4v) is 4.88. The Balaban J connectivity index is 1.48. The van der Waals surface area contributed by atoms with Gasteiger partial charge in [-0.2, -0.15) is 0 Å². The molecule has 1 aliphatic heterocycles. The van der Waals surface area contributed by atoms with E-state index in [1.54, 1.807) is 11.3 Å². The van der Waals surface area contributed by atoms with Crippen LogP contribution in [0.4, 0.5) is 10.8 Å². The molecule has 6 heteroatoms. The number of nitrogens with zero attached hydrogens (tertiary/aromatic N) is 1. The number of aliphatic hydroxyl groups is 1. The molecule has 1 atom stereocenters. The number of aliphatic hydroxyl groups excluding tert-OH is 1. The van der Waals surface area contributed by atoms with Gasteiger partial charge >= 0.3 is 0 Å². The Morgan fingerprint density at radius 1 is 1.22 bits per heavy atom. The Morgan fingerprint density at radius 2 is 2.15 bits per heavy atom. The SMILES string of the molecule is OC1CCCc2sc(Nc3cccc(C4=CCOC4)c3OC3CCC3)nc21. The van der Waals surface area contributed by atoms with E-state index in [2.05, 4.69) is 22.4 Å². The molecule has 5 nitrogen and oxygen atoms in total. The van der Waals surface area contributed by atoms with Crippen LogP contribution in [0.25, 0.3) is 5.57 Å². The quantitative estimate of drug-likeness (QED) is 0.789.